The molecule has 5 heteroatoms. The topological polar surface area (TPSA) is 69.7 Å². The fraction of sp³-hybridized carbons (Fsp3) is 0.353. The van der Waals surface area contributed by atoms with Crippen molar-refractivity contribution in [1.82, 2.24) is 0 Å². The summed E-state index contributed by atoms with van der Waals surface area (Å²) >= 11 is 0. The van der Waals surface area contributed by atoms with Crippen molar-refractivity contribution in [2.75, 3.05) is 13.2 Å². The van der Waals surface area contributed by atoms with Crippen LogP contribution in [-0.2, 0) is 19.1 Å². The average Bonchev–Trinajstić information content (AvgIpc) is 2.52. The molecule has 1 atom stereocenters. The number of esters is 2. The molecule has 0 fully saturated rings. The largest absolute Gasteiger partial charge is 0.465 e. The molecule has 0 N–H and O–H groups in total. The summed E-state index contributed by atoms with van der Waals surface area (Å²) in [5.74, 6) is -2.39. The minimum atomic E-state index is -0.965. The number of allylic oxidation sites excluding steroid dienone is 1. The van der Waals surface area contributed by atoms with Gasteiger partial charge in [-0.05, 0) is 20.3 Å². The molecule has 0 aliphatic carbocycles. The fourth-order valence-corrected chi connectivity index (χ4v) is 1.85. The lowest BCUT2D eigenvalue weighted by Crippen LogP contribution is -2.26. The van der Waals surface area contributed by atoms with Gasteiger partial charge in [0, 0.05) is 11.6 Å². The highest BCUT2D eigenvalue weighted by Crippen LogP contribution is 2.15. The molecule has 1 aromatic rings. The number of benzene rings is 1. The van der Waals surface area contributed by atoms with E-state index in [-0.39, 0.29) is 25.4 Å². The minimum Gasteiger partial charge on any atom is -0.465 e. The van der Waals surface area contributed by atoms with Gasteiger partial charge in [0.05, 0.1) is 13.2 Å². The molecule has 0 amide bonds. The maximum atomic E-state index is 12.4. The molecule has 1 rings (SSSR count). The van der Waals surface area contributed by atoms with Crippen LogP contribution < -0.4 is 0 Å². The first kappa shape index (κ1) is 17.6. The summed E-state index contributed by atoms with van der Waals surface area (Å²) in [5, 5.41) is 0. The van der Waals surface area contributed by atoms with Gasteiger partial charge in [-0.3, -0.25) is 9.59 Å². The minimum absolute atomic E-state index is 0.0887. The van der Waals surface area contributed by atoms with E-state index in [1.165, 1.54) is 12.2 Å². The second-order valence-corrected chi connectivity index (χ2v) is 4.43. The summed E-state index contributed by atoms with van der Waals surface area (Å²) < 4.78 is 9.69. The molecule has 0 spiro atoms. The van der Waals surface area contributed by atoms with Crippen molar-refractivity contribution in [3.8, 4) is 0 Å². The number of carbonyl (C=O) groups excluding carboxylic acids is 3. The number of carbonyl (C=O) groups is 3. The molecule has 1 unspecified atom stereocenters. The Balaban J connectivity index is 2.82. The Hall–Kier alpha value is -2.43. The fourth-order valence-electron chi connectivity index (χ4n) is 1.85. The molecular formula is C17H20O5. The van der Waals surface area contributed by atoms with Crippen LogP contribution in [0.1, 0.15) is 30.6 Å². The molecule has 0 radical (unpaired) electrons. The molecule has 0 heterocycles. The third kappa shape index (κ3) is 5.52. The molecule has 0 saturated carbocycles. The summed E-state index contributed by atoms with van der Waals surface area (Å²) in [6.07, 6.45) is 2.76. The zero-order chi connectivity index (χ0) is 16.4. The van der Waals surface area contributed by atoms with Crippen LogP contribution in [0.25, 0.3) is 0 Å². The lowest BCUT2D eigenvalue weighted by molar-refractivity contribution is -0.146. The third-order valence-corrected chi connectivity index (χ3v) is 2.86. The van der Waals surface area contributed by atoms with Gasteiger partial charge >= 0.3 is 11.9 Å². The van der Waals surface area contributed by atoms with Crippen LogP contribution in [0, 0.1) is 5.92 Å². The van der Waals surface area contributed by atoms with Gasteiger partial charge in [-0.1, -0.05) is 36.4 Å². The highest BCUT2D eigenvalue weighted by Gasteiger charge is 2.27. The molecule has 0 aliphatic heterocycles. The van der Waals surface area contributed by atoms with E-state index in [1.807, 2.05) is 0 Å². The molecule has 0 saturated heterocycles. The zero-order valence-electron chi connectivity index (χ0n) is 12.8. The Morgan fingerprint density at radius 1 is 1.05 bits per heavy atom. The molecular weight excluding hydrogens is 284 g/mol. The lowest BCUT2D eigenvalue weighted by atomic mass is 9.94. The Labute approximate surface area is 129 Å². The van der Waals surface area contributed by atoms with Crippen LogP contribution in [0.2, 0.25) is 0 Å². The molecule has 0 aliphatic rings. The van der Waals surface area contributed by atoms with Crippen molar-refractivity contribution in [2.45, 2.75) is 20.3 Å². The first-order valence-corrected chi connectivity index (χ1v) is 7.19. The summed E-state index contributed by atoms with van der Waals surface area (Å²) in [4.78, 5) is 35.6. The van der Waals surface area contributed by atoms with Gasteiger partial charge in [0.1, 0.15) is 5.92 Å². The number of hydrogen-bond acceptors (Lipinski definition) is 5. The lowest BCUT2D eigenvalue weighted by Gasteiger charge is -2.12. The molecule has 22 heavy (non-hydrogen) atoms. The monoisotopic (exact) mass is 304 g/mol. The van der Waals surface area contributed by atoms with Crippen molar-refractivity contribution in [1.29, 1.82) is 0 Å². The molecule has 118 valence electrons. The Morgan fingerprint density at radius 2 is 1.68 bits per heavy atom. The molecule has 1 aromatic carbocycles. The SMILES string of the molecule is CCOC(=O)C=CCC(C(=O)OCC)C(=O)c1ccccc1. The van der Waals surface area contributed by atoms with Gasteiger partial charge in [-0.25, -0.2) is 4.79 Å². The van der Waals surface area contributed by atoms with E-state index < -0.39 is 17.9 Å². The predicted molar refractivity (Wildman–Crippen MR) is 81.3 cm³/mol. The molecule has 0 aromatic heterocycles. The van der Waals surface area contributed by atoms with Crippen LogP contribution in [0.15, 0.2) is 42.5 Å². The highest BCUT2D eigenvalue weighted by atomic mass is 16.5. The normalized spacial score (nSPS) is 11.9. The van der Waals surface area contributed by atoms with Crippen LogP contribution in [0.5, 0.6) is 0 Å². The summed E-state index contributed by atoms with van der Waals surface area (Å²) in [6, 6.07) is 8.53. The van der Waals surface area contributed by atoms with Gasteiger partial charge in [0.2, 0.25) is 0 Å². The van der Waals surface area contributed by atoms with Crippen LogP contribution >= 0.6 is 0 Å². The Bertz CT molecular complexity index is 533. The first-order valence-electron chi connectivity index (χ1n) is 7.19. The average molecular weight is 304 g/mol. The maximum Gasteiger partial charge on any atom is 0.330 e. The summed E-state index contributed by atoms with van der Waals surface area (Å²) in [6.45, 7) is 3.84. The second-order valence-electron chi connectivity index (χ2n) is 4.43. The second kappa shape index (κ2) is 9.50. The number of ketones is 1. The quantitative estimate of drug-likeness (QED) is 0.319. The smallest absolute Gasteiger partial charge is 0.330 e. The maximum absolute atomic E-state index is 12.4. The van der Waals surface area contributed by atoms with Gasteiger partial charge in [-0.2, -0.15) is 0 Å². The van der Waals surface area contributed by atoms with Gasteiger partial charge in [0.15, 0.2) is 5.78 Å². The summed E-state index contributed by atoms with van der Waals surface area (Å²) in [7, 11) is 0. The van der Waals surface area contributed by atoms with E-state index in [0.29, 0.717) is 5.56 Å². The Morgan fingerprint density at radius 3 is 2.27 bits per heavy atom. The van der Waals surface area contributed by atoms with Crippen molar-refractivity contribution >= 4 is 17.7 Å². The van der Waals surface area contributed by atoms with E-state index >= 15 is 0 Å². The van der Waals surface area contributed by atoms with Crippen molar-refractivity contribution < 1.29 is 23.9 Å². The van der Waals surface area contributed by atoms with Crippen LogP contribution in [0.3, 0.4) is 0 Å². The number of rotatable bonds is 8. The standard InChI is InChI=1S/C17H20O5/c1-3-21-15(18)12-8-11-14(17(20)22-4-2)16(19)13-9-6-5-7-10-13/h5-10,12,14H,3-4,11H2,1-2H3. The molecule has 5 nitrogen and oxygen atoms in total. The number of Topliss-reactive ketones (excluding diaryl/α,β-unsaturated/α-hetero) is 1. The molecule has 0 bridgehead atoms. The van der Waals surface area contributed by atoms with E-state index in [9.17, 15) is 14.4 Å². The van der Waals surface area contributed by atoms with E-state index in [2.05, 4.69) is 0 Å². The van der Waals surface area contributed by atoms with E-state index in [4.69, 9.17) is 9.47 Å². The zero-order valence-corrected chi connectivity index (χ0v) is 12.8. The van der Waals surface area contributed by atoms with Gasteiger partial charge in [0.25, 0.3) is 0 Å². The number of ether oxygens (including phenoxy) is 2. The Kier molecular flexibility index (Phi) is 7.61. The van der Waals surface area contributed by atoms with Crippen molar-refractivity contribution in [2.24, 2.45) is 5.92 Å². The van der Waals surface area contributed by atoms with E-state index in [1.54, 1.807) is 44.2 Å². The van der Waals surface area contributed by atoms with Crippen LogP contribution in [0.4, 0.5) is 0 Å². The number of hydrogen-bond donors (Lipinski definition) is 0. The first-order chi connectivity index (χ1) is 10.6. The summed E-state index contributed by atoms with van der Waals surface area (Å²) in [5.41, 5.74) is 0.435. The van der Waals surface area contributed by atoms with E-state index in [0.717, 1.165) is 0 Å². The van der Waals surface area contributed by atoms with Crippen molar-refractivity contribution in [3.05, 3.63) is 48.0 Å². The third-order valence-electron chi connectivity index (χ3n) is 2.86. The predicted octanol–water partition coefficient (Wildman–Crippen LogP) is 2.56. The van der Waals surface area contributed by atoms with Crippen LogP contribution in [-0.4, -0.2) is 30.9 Å². The van der Waals surface area contributed by atoms with Gasteiger partial charge < -0.3 is 9.47 Å². The van der Waals surface area contributed by atoms with Gasteiger partial charge in [-0.15, -0.1) is 0 Å². The highest BCUT2D eigenvalue weighted by molar-refractivity contribution is 6.08. The van der Waals surface area contributed by atoms with Crippen molar-refractivity contribution in [3.63, 3.8) is 0 Å².